The van der Waals surface area contributed by atoms with E-state index in [2.05, 4.69) is 21.7 Å². The predicted octanol–water partition coefficient (Wildman–Crippen LogP) is 7.29. The molecule has 2 saturated heterocycles. The van der Waals surface area contributed by atoms with Crippen LogP contribution in [0.5, 0.6) is 0 Å². The SMILES string of the molecule is O=C(CCC1CCN(CC2CN(C(=O)c3ccc(Cl)c(Cl)c3)CC2c2ccsc2)CC1)c1ccccc1. The molecule has 2 fully saturated rings. The van der Waals surface area contributed by atoms with Gasteiger partial charge in [0, 0.05) is 43.1 Å². The van der Waals surface area contributed by atoms with Crippen molar-refractivity contribution in [3.8, 4) is 0 Å². The lowest BCUT2D eigenvalue weighted by Crippen LogP contribution is -2.39. The number of ketones is 1. The molecule has 2 unspecified atom stereocenters. The average molecular weight is 556 g/mol. The van der Waals surface area contributed by atoms with Crippen LogP contribution >= 0.6 is 34.5 Å². The van der Waals surface area contributed by atoms with E-state index >= 15 is 0 Å². The van der Waals surface area contributed by atoms with Crippen molar-refractivity contribution in [3.05, 3.63) is 92.1 Å². The van der Waals surface area contributed by atoms with Crippen LogP contribution in [0.25, 0.3) is 0 Å². The van der Waals surface area contributed by atoms with Crippen molar-refractivity contribution in [1.29, 1.82) is 0 Å². The lowest BCUT2D eigenvalue weighted by molar-refractivity contribution is 0.0779. The molecule has 1 aromatic heterocycles. The number of amides is 1. The number of carbonyl (C=O) groups is 2. The van der Waals surface area contributed by atoms with Gasteiger partial charge in [-0.15, -0.1) is 0 Å². The van der Waals surface area contributed by atoms with E-state index in [9.17, 15) is 9.59 Å². The van der Waals surface area contributed by atoms with Crippen LogP contribution < -0.4 is 0 Å². The van der Waals surface area contributed by atoms with Crippen molar-refractivity contribution in [2.24, 2.45) is 11.8 Å². The van der Waals surface area contributed by atoms with Gasteiger partial charge in [-0.25, -0.2) is 0 Å². The number of halogens is 2. The highest BCUT2D eigenvalue weighted by Gasteiger charge is 2.38. The maximum Gasteiger partial charge on any atom is 0.253 e. The lowest BCUT2D eigenvalue weighted by Gasteiger charge is -2.34. The molecular formula is C30H32Cl2N2O2S. The van der Waals surface area contributed by atoms with Gasteiger partial charge >= 0.3 is 0 Å². The first-order valence-electron chi connectivity index (χ1n) is 13.0. The first kappa shape index (κ1) is 26.4. The second-order valence-electron chi connectivity index (χ2n) is 10.3. The maximum absolute atomic E-state index is 13.3. The van der Waals surface area contributed by atoms with Crippen LogP contribution in [-0.2, 0) is 0 Å². The van der Waals surface area contributed by atoms with E-state index in [0.717, 1.165) is 57.5 Å². The zero-order valence-electron chi connectivity index (χ0n) is 20.8. The summed E-state index contributed by atoms with van der Waals surface area (Å²) < 4.78 is 0. The van der Waals surface area contributed by atoms with E-state index in [-0.39, 0.29) is 11.7 Å². The Morgan fingerprint density at radius 3 is 2.41 bits per heavy atom. The zero-order chi connectivity index (χ0) is 25.8. The van der Waals surface area contributed by atoms with Crippen LogP contribution in [0, 0.1) is 11.8 Å². The van der Waals surface area contributed by atoms with Crippen molar-refractivity contribution in [1.82, 2.24) is 9.80 Å². The van der Waals surface area contributed by atoms with E-state index < -0.39 is 0 Å². The van der Waals surface area contributed by atoms with Crippen molar-refractivity contribution in [3.63, 3.8) is 0 Å². The Kier molecular flexibility index (Phi) is 8.66. The Morgan fingerprint density at radius 2 is 1.70 bits per heavy atom. The normalized spacial score (nSPS) is 20.9. The van der Waals surface area contributed by atoms with Crippen molar-refractivity contribution >= 4 is 46.2 Å². The minimum absolute atomic E-state index is 0.0167. The highest BCUT2D eigenvalue weighted by Crippen LogP contribution is 2.36. The van der Waals surface area contributed by atoms with E-state index in [1.807, 2.05) is 35.2 Å². The molecule has 0 saturated carbocycles. The molecule has 2 aliphatic rings. The van der Waals surface area contributed by atoms with Gasteiger partial charge in [-0.2, -0.15) is 11.3 Å². The summed E-state index contributed by atoms with van der Waals surface area (Å²) in [6, 6.07) is 16.9. The Bertz CT molecular complexity index is 1210. The number of thiophene rings is 1. The Balaban J connectivity index is 1.17. The summed E-state index contributed by atoms with van der Waals surface area (Å²) in [6.07, 6.45) is 3.85. The molecule has 0 aliphatic carbocycles. The average Bonchev–Trinajstić information content (AvgIpc) is 3.60. The first-order valence-corrected chi connectivity index (χ1v) is 14.7. The number of piperidine rings is 1. The van der Waals surface area contributed by atoms with Crippen LogP contribution in [0.3, 0.4) is 0 Å². The molecule has 2 atom stereocenters. The van der Waals surface area contributed by atoms with Gasteiger partial charge in [-0.05, 0) is 84.8 Å². The molecule has 0 spiro atoms. The van der Waals surface area contributed by atoms with Gasteiger partial charge in [0.05, 0.1) is 10.0 Å². The monoisotopic (exact) mass is 554 g/mol. The lowest BCUT2D eigenvalue weighted by atomic mass is 9.87. The first-order chi connectivity index (χ1) is 18.0. The minimum Gasteiger partial charge on any atom is -0.338 e. The Morgan fingerprint density at radius 1 is 0.919 bits per heavy atom. The van der Waals surface area contributed by atoms with Crippen LogP contribution in [0.4, 0.5) is 0 Å². The summed E-state index contributed by atoms with van der Waals surface area (Å²) in [5.41, 5.74) is 2.74. The summed E-state index contributed by atoms with van der Waals surface area (Å²) in [4.78, 5) is 30.4. The topological polar surface area (TPSA) is 40.6 Å². The highest BCUT2D eigenvalue weighted by molar-refractivity contribution is 7.08. The molecule has 4 nitrogen and oxygen atoms in total. The minimum atomic E-state index is 0.0167. The molecule has 0 N–H and O–H groups in total. The van der Waals surface area contributed by atoms with Gasteiger partial charge in [0.15, 0.2) is 5.78 Å². The van der Waals surface area contributed by atoms with E-state index in [1.165, 1.54) is 5.56 Å². The van der Waals surface area contributed by atoms with Crippen molar-refractivity contribution in [2.45, 2.75) is 31.6 Å². The van der Waals surface area contributed by atoms with Crippen LogP contribution in [0.1, 0.15) is 57.9 Å². The number of benzene rings is 2. The molecule has 3 aromatic rings. The molecule has 7 heteroatoms. The number of nitrogens with zero attached hydrogens (tertiary/aromatic N) is 2. The molecule has 2 aliphatic heterocycles. The summed E-state index contributed by atoms with van der Waals surface area (Å²) in [5, 5.41) is 5.21. The molecule has 0 radical (unpaired) electrons. The molecule has 1 amide bonds. The Hall–Kier alpha value is -2.18. The quantitative estimate of drug-likeness (QED) is 0.274. The molecule has 5 rings (SSSR count). The summed E-state index contributed by atoms with van der Waals surface area (Å²) >= 11 is 14.0. The summed E-state index contributed by atoms with van der Waals surface area (Å²) in [5.74, 6) is 1.59. The number of hydrogen-bond acceptors (Lipinski definition) is 4. The number of Topliss-reactive ketones (excluding diaryl/α,β-unsaturated/α-hetero) is 1. The van der Waals surface area contributed by atoms with Crippen LogP contribution in [0.2, 0.25) is 10.0 Å². The van der Waals surface area contributed by atoms with Gasteiger partial charge in [0.25, 0.3) is 5.91 Å². The van der Waals surface area contributed by atoms with E-state index in [0.29, 0.717) is 39.8 Å². The van der Waals surface area contributed by atoms with Gasteiger partial charge < -0.3 is 9.80 Å². The van der Waals surface area contributed by atoms with Gasteiger partial charge in [-0.1, -0.05) is 53.5 Å². The molecular weight excluding hydrogens is 523 g/mol. The predicted molar refractivity (Wildman–Crippen MR) is 152 cm³/mol. The number of hydrogen-bond donors (Lipinski definition) is 0. The highest BCUT2D eigenvalue weighted by atomic mass is 35.5. The summed E-state index contributed by atoms with van der Waals surface area (Å²) in [6.45, 7) is 4.56. The van der Waals surface area contributed by atoms with Crippen LogP contribution in [0.15, 0.2) is 65.4 Å². The number of rotatable bonds is 8. The van der Waals surface area contributed by atoms with Gasteiger partial charge in [-0.3, -0.25) is 9.59 Å². The number of carbonyl (C=O) groups excluding carboxylic acids is 2. The second-order valence-corrected chi connectivity index (χ2v) is 11.9. The standard InChI is InChI=1S/C30H32Cl2N2O2S/c31-27-8-7-23(16-28(27)32)30(36)34-18-25(26(19-34)24-12-15-37-20-24)17-33-13-10-21(11-14-33)6-9-29(35)22-4-2-1-3-5-22/h1-5,7-8,12,15-16,20-21,25-26H,6,9-11,13-14,17-19H2. The number of likely N-dealkylation sites (tertiary alicyclic amines) is 2. The third-order valence-corrected chi connectivity index (χ3v) is 9.38. The summed E-state index contributed by atoms with van der Waals surface area (Å²) in [7, 11) is 0. The van der Waals surface area contributed by atoms with Crippen molar-refractivity contribution < 1.29 is 9.59 Å². The van der Waals surface area contributed by atoms with Crippen molar-refractivity contribution in [2.75, 3.05) is 32.7 Å². The van der Waals surface area contributed by atoms with Gasteiger partial charge in [0.1, 0.15) is 0 Å². The third kappa shape index (κ3) is 6.46. The fourth-order valence-electron chi connectivity index (χ4n) is 5.79. The second kappa shape index (κ2) is 12.1. The molecule has 0 bridgehead atoms. The molecule has 194 valence electrons. The smallest absolute Gasteiger partial charge is 0.253 e. The maximum atomic E-state index is 13.3. The van der Waals surface area contributed by atoms with E-state index in [1.54, 1.807) is 29.5 Å². The molecule has 37 heavy (non-hydrogen) atoms. The van der Waals surface area contributed by atoms with Crippen LogP contribution in [-0.4, -0.2) is 54.2 Å². The van der Waals surface area contributed by atoms with E-state index in [4.69, 9.17) is 23.2 Å². The fourth-order valence-corrected chi connectivity index (χ4v) is 6.81. The van der Waals surface area contributed by atoms with Gasteiger partial charge in [0.2, 0.25) is 0 Å². The fraction of sp³-hybridized carbons (Fsp3) is 0.400. The Labute approximate surface area is 233 Å². The molecule has 2 aromatic carbocycles. The third-order valence-electron chi connectivity index (χ3n) is 7.94. The largest absolute Gasteiger partial charge is 0.338 e. The zero-order valence-corrected chi connectivity index (χ0v) is 23.2. The molecule has 3 heterocycles.